The fourth-order valence-electron chi connectivity index (χ4n) is 1.09. The van der Waals surface area contributed by atoms with E-state index in [0.717, 1.165) is 6.42 Å². The summed E-state index contributed by atoms with van der Waals surface area (Å²) in [6, 6.07) is 0. The summed E-state index contributed by atoms with van der Waals surface area (Å²) in [4.78, 5) is 31.2. The van der Waals surface area contributed by atoms with Gasteiger partial charge in [-0.3, -0.25) is 4.79 Å². The summed E-state index contributed by atoms with van der Waals surface area (Å²) in [6.07, 6.45) is 0.517. The summed E-state index contributed by atoms with van der Waals surface area (Å²) in [5, 5.41) is 8.82. The number of hydrogen-bond acceptors (Lipinski definition) is 5. The minimum atomic E-state index is -1.09. The molecule has 1 N–H and O–H groups in total. The summed E-state index contributed by atoms with van der Waals surface area (Å²) in [6.45, 7) is 4.29. The van der Waals surface area contributed by atoms with E-state index in [1.165, 1.54) is 0 Å². The maximum Gasteiger partial charge on any atom is 0.336 e. The molecule has 0 rings (SSSR count). The first kappa shape index (κ1) is 19.9. The van der Waals surface area contributed by atoms with Crippen molar-refractivity contribution in [1.82, 2.24) is 0 Å². The van der Waals surface area contributed by atoms with Gasteiger partial charge in [-0.1, -0.05) is 6.92 Å². The molecule has 6 nitrogen and oxygen atoms in total. The third kappa shape index (κ3) is 10.7. The molecule has 0 saturated carbocycles. The van der Waals surface area contributed by atoms with E-state index in [1.54, 1.807) is 6.92 Å². The first-order valence-corrected chi connectivity index (χ1v) is 5.78. The zero-order valence-corrected chi connectivity index (χ0v) is 12.4. The molecule has 0 aromatic heterocycles. The van der Waals surface area contributed by atoms with Crippen molar-refractivity contribution < 1.29 is 50.9 Å². The van der Waals surface area contributed by atoms with E-state index in [1.807, 2.05) is 6.92 Å². The Morgan fingerprint density at radius 3 is 2.44 bits per heavy atom. The Bertz CT molecular complexity index is 234. The Hall–Kier alpha value is -0.426. The fraction of sp³-hybridized carbons (Fsp3) is 0.818. The third-order valence-corrected chi connectivity index (χ3v) is 1.90. The van der Waals surface area contributed by atoms with Gasteiger partial charge in [0, 0.05) is 28.1 Å². The second kappa shape index (κ2) is 13.0. The number of carboxylic acid groups (broad SMARTS) is 1. The van der Waals surface area contributed by atoms with Gasteiger partial charge in [0.05, 0.1) is 13.2 Å². The van der Waals surface area contributed by atoms with Crippen LogP contribution in [0.1, 0.15) is 39.5 Å². The van der Waals surface area contributed by atoms with Gasteiger partial charge in [0.15, 0.2) is 6.10 Å². The minimum absolute atomic E-state index is 0. The summed E-state index contributed by atoms with van der Waals surface area (Å²) in [5.41, 5.74) is 0. The van der Waals surface area contributed by atoms with Crippen molar-refractivity contribution in [2.75, 3.05) is 13.2 Å². The van der Waals surface area contributed by atoms with Gasteiger partial charge >= 0.3 is 11.9 Å². The number of rotatable bonds is 10. The van der Waals surface area contributed by atoms with E-state index >= 15 is 0 Å². The molecule has 0 bridgehead atoms. The average Bonchev–Trinajstić information content (AvgIpc) is 2.27. The van der Waals surface area contributed by atoms with Gasteiger partial charge in [0.25, 0.3) is 0 Å². The van der Waals surface area contributed by atoms with Crippen molar-refractivity contribution in [3.8, 4) is 0 Å². The zero-order chi connectivity index (χ0) is 13.1. The first-order valence-electron chi connectivity index (χ1n) is 5.78. The van der Waals surface area contributed by atoms with Crippen molar-refractivity contribution in [3.63, 3.8) is 0 Å². The van der Waals surface area contributed by atoms with E-state index in [9.17, 15) is 9.59 Å². The third-order valence-electron chi connectivity index (χ3n) is 1.90. The Morgan fingerprint density at radius 2 is 1.94 bits per heavy atom. The smallest absolute Gasteiger partial charge is 0.336 e. The number of carbonyl (C=O) groups is 2. The molecule has 0 aromatic carbocycles. The number of hydrogen-bond donors (Lipinski definition) is 1. The Labute approximate surface area is 122 Å². The molecule has 1 unspecified atom stereocenters. The van der Waals surface area contributed by atoms with Crippen LogP contribution in [-0.2, 0) is 45.8 Å². The molecule has 7 heteroatoms. The molecule has 0 radical (unpaired) electrons. The maximum atomic E-state index is 11.0. The van der Waals surface area contributed by atoms with E-state index < -0.39 is 12.1 Å². The van der Waals surface area contributed by atoms with Crippen LogP contribution in [0.4, 0.5) is 0 Å². The quantitative estimate of drug-likeness (QED) is 0.216. The van der Waals surface area contributed by atoms with Gasteiger partial charge in [-0.2, -0.15) is 0 Å². The van der Waals surface area contributed by atoms with Crippen LogP contribution < -0.4 is 0 Å². The molecule has 0 spiro atoms. The van der Waals surface area contributed by atoms with Crippen LogP contribution in [0.15, 0.2) is 0 Å². The number of aliphatic carboxylic acids is 1. The molecule has 1 atom stereocenters. The monoisotopic (exact) mass is 296 g/mol. The van der Waals surface area contributed by atoms with E-state index in [0.29, 0.717) is 19.6 Å². The van der Waals surface area contributed by atoms with E-state index in [4.69, 9.17) is 19.6 Å². The van der Waals surface area contributed by atoms with Gasteiger partial charge in [0.2, 0.25) is 0 Å². The van der Waals surface area contributed by atoms with Crippen molar-refractivity contribution in [2.24, 2.45) is 0 Å². The summed E-state index contributed by atoms with van der Waals surface area (Å²) in [7, 11) is 0. The number of ether oxygens (including phenoxy) is 1. The zero-order valence-electron chi connectivity index (χ0n) is 10.8. The molecule has 0 fully saturated rings. The standard InChI is InChI=1S/C11H20O6.Ti/c1-3-8-16-17-9(11(13)14)6-5-7-10(12)15-4-2;/h9H,3-8H2,1-2H3,(H,13,14);. The van der Waals surface area contributed by atoms with E-state index in [-0.39, 0.29) is 40.5 Å². The summed E-state index contributed by atoms with van der Waals surface area (Å²) >= 11 is 0. The van der Waals surface area contributed by atoms with Gasteiger partial charge in [-0.25, -0.2) is 14.6 Å². The Kier molecular flexibility index (Phi) is 14.4. The Balaban J connectivity index is 0. The fourth-order valence-corrected chi connectivity index (χ4v) is 1.09. The van der Waals surface area contributed by atoms with Crippen molar-refractivity contribution in [3.05, 3.63) is 0 Å². The van der Waals surface area contributed by atoms with Gasteiger partial charge in [-0.05, 0) is 26.2 Å². The number of carbonyl (C=O) groups excluding carboxylic acids is 1. The molecule has 18 heavy (non-hydrogen) atoms. The van der Waals surface area contributed by atoms with E-state index in [2.05, 4.69) is 0 Å². The van der Waals surface area contributed by atoms with Crippen molar-refractivity contribution in [1.29, 1.82) is 0 Å². The molecule has 0 aliphatic heterocycles. The van der Waals surface area contributed by atoms with Crippen LogP contribution in [-0.4, -0.2) is 36.4 Å². The largest absolute Gasteiger partial charge is 0.479 e. The van der Waals surface area contributed by atoms with Gasteiger partial charge in [0.1, 0.15) is 0 Å². The second-order valence-corrected chi connectivity index (χ2v) is 3.44. The molecule has 104 valence electrons. The molecule has 0 saturated heterocycles. The van der Waals surface area contributed by atoms with Crippen LogP contribution in [0.2, 0.25) is 0 Å². The van der Waals surface area contributed by atoms with Crippen molar-refractivity contribution >= 4 is 11.9 Å². The SMILES string of the molecule is CCCOOC(CCCC(=O)OCC)C(=O)O.[Ti]. The summed E-state index contributed by atoms with van der Waals surface area (Å²) < 4.78 is 4.72. The van der Waals surface area contributed by atoms with Crippen LogP contribution in [0, 0.1) is 0 Å². The number of esters is 1. The predicted molar refractivity (Wildman–Crippen MR) is 59.2 cm³/mol. The van der Waals surface area contributed by atoms with Crippen LogP contribution >= 0.6 is 0 Å². The van der Waals surface area contributed by atoms with Crippen LogP contribution in [0.25, 0.3) is 0 Å². The minimum Gasteiger partial charge on any atom is -0.479 e. The molecular weight excluding hydrogens is 276 g/mol. The number of carboxylic acids is 1. The van der Waals surface area contributed by atoms with Crippen LogP contribution in [0.3, 0.4) is 0 Å². The molecule has 0 amide bonds. The topological polar surface area (TPSA) is 82.1 Å². The maximum absolute atomic E-state index is 11.0. The Morgan fingerprint density at radius 1 is 1.28 bits per heavy atom. The molecule has 0 aliphatic carbocycles. The molecule has 0 aliphatic rings. The van der Waals surface area contributed by atoms with Gasteiger partial charge < -0.3 is 9.84 Å². The normalized spacial score (nSPS) is 11.4. The second-order valence-electron chi connectivity index (χ2n) is 3.44. The summed E-state index contributed by atoms with van der Waals surface area (Å²) in [5.74, 6) is -1.42. The predicted octanol–water partition coefficient (Wildman–Crippen LogP) is 1.53. The van der Waals surface area contributed by atoms with Gasteiger partial charge in [-0.15, -0.1) is 0 Å². The average molecular weight is 296 g/mol. The molecule has 0 aromatic rings. The molecule has 0 heterocycles. The van der Waals surface area contributed by atoms with Crippen molar-refractivity contribution in [2.45, 2.75) is 45.6 Å². The van der Waals surface area contributed by atoms with Crippen LogP contribution in [0.5, 0.6) is 0 Å². The molecular formula is C11H20O6Ti. The first-order chi connectivity index (χ1) is 8.11.